The smallest absolute Gasteiger partial charge is 0.252 e. The molecule has 0 radical (unpaired) electrons. The Balaban J connectivity index is 2.61. The van der Waals surface area contributed by atoms with Crippen molar-refractivity contribution in [3.63, 3.8) is 0 Å². The summed E-state index contributed by atoms with van der Waals surface area (Å²) in [5, 5.41) is 3.38. The summed E-state index contributed by atoms with van der Waals surface area (Å²) in [6.45, 7) is 2.77. The van der Waals surface area contributed by atoms with Crippen molar-refractivity contribution in [1.29, 1.82) is 0 Å². The van der Waals surface area contributed by atoms with E-state index in [1.165, 1.54) is 0 Å². The van der Waals surface area contributed by atoms with Crippen molar-refractivity contribution in [2.75, 3.05) is 12.4 Å². The Kier molecular flexibility index (Phi) is 7.81. The van der Waals surface area contributed by atoms with Gasteiger partial charge in [-0.25, -0.2) is 0 Å². The maximum atomic E-state index is 12.1. The topological polar surface area (TPSA) is 29.1 Å². The summed E-state index contributed by atoms with van der Waals surface area (Å²) < 4.78 is 0.729. The minimum absolute atomic E-state index is 0.137. The summed E-state index contributed by atoms with van der Waals surface area (Å²) in [6, 6.07) is 5.33. The van der Waals surface area contributed by atoms with Crippen molar-refractivity contribution in [2.45, 2.75) is 26.2 Å². The van der Waals surface area contributed by atoms with Crippen molar-refractivity contribution in [3.8, 4) is 0 Å². The second-order valence-electron chi connectivity index (χ2n) is 4.44. The van der Waals surface area contributed by atoms with Crippen LogP contribution in [0, 0.1) is 5.92 Å². The molecule has 0 spiro atoms. The molecule has 0 aliphatic rings. The van der Waals surface area contributed by atoms with Crippen LogP contribution in [0.4, 0.5) is 0 Å². The Bertz CT molecular complexity index is 420. The van der Waals surface area contributed by atoms with Gasteiger partial charge in [-0.05, 0) is 46.8 Å². The van der Waals surface area contributed by atoms with Crippen LogP contribution in [-0.2, 0) is 0 Å². The van der Waals surface area contributed by atoms with Crippen molar-refractivity contribution in [1.82, 2.24) is 5.32 Å². The Labute approximate surface area is 133 Å². The number of amides is 1. The number of carbonyl (C=O) groups is 1. The summed E-state index contributed by atoms with van der Waals surface area (Å²) in [6.07, 6.45) is 3.08. The highest BCUT2D eigenvalue weighted by Gasteiger charge is 2.14. The highest BCUT2D eigenvalue weighted by atomic mass is 79.9. The molecule has 0 heterocycles. The van der Waals surface area contributed by atoms with Crippen molar-refractivity contribution < 1.29 is 4.79 Å². The molecule has 0 bridgehead atoms. The van der Waals surface area contributed by atoms with E-state index >= 15 is 0 Å². The van der Waals surface area contributed by atoms with E-state index in [0.717, 1.165) is 23.7 Å². The quantitative estimate of drug-likeness (QED) is 0.684. The molecule has 0 saturated carbocycles. The zero-order chi connectivity index (χ0) is 14.3. The number of carbonyl (C=O) groups excluding carboxylic acids is 1. The number of alkyl halides is 1. The summed E-state index contributed by atoms with van der Waals surface area (Å²) >= 11 is 15.2. The number of hydrogen-bond acceptors (Lipinski definition) is 1. The number of hydrogen-bond donors (Lipinski definition) is 1. The van der Waals surface area contributed by atoms with Crippen molar-refractivity contribution in [3.05, 3.63) is 33.3 Å². The van der Waals surface area contributed by atoms with E-state index in [0.29, 0.717) is 28.9 Å². The SMILES string of the molecule is CCCC(CCCl)CNC(=O)c1cccc(Br)c1Cl. The van der Waals surface area contributed by atoms with Crippen LogP contribution in [0.5, 0.6) is 0 Å². The number of benzene rings is 1. The van der Waals surface area contributed by atoms with Gasteiger partial charge in [-0.15, -0.1) is 11.6 Å². The minimum atomic E-state index is -0.137. The Morgan fingerprint density at radius 3 is 2.79 bits per heavy atom. The van der Waals surface area contributed by atoms with Crippen LogP contribution >= 0.6 is 39.1 Å². The van der Waals surface area contributed by atoms with Gasteiger partial charge in [0.2, 0.25) is 0 Å². The molecule has 0 fully saturated rings. The molecule has 0 aromatic heterocycles. The van der Waals surface area contributed by atoms with Gasteiger partial charge in [-0.1, -0.05) is 31.0 Å². The lowest BCUT2D eigenvalue weighted by Gasteiger charge is -2.16. The Hall–Kier alpha value is -0.250. The average Bonchev–Trinajstić information content (AvgIpc) is 2.39. The molecule has 0 saturated heterocycles. The van der Waals surface area contributed by atoms with Crippen LogP contribution in [0.25, 0.3) is 0 Å². The van der Waals surface area contributed by atoms with E-state index in [9.17, 15) is 4.79 Å². The summed E-state index contributed by atoms with van der Waals surface area (Å²) in [4.78, 5) is 12.1. The van der Waals surface area contributed by atoms with Gasteiger partial charge in [-0.3, -0.25) is 4.79 Å². The van der Waals surface area contributed by atoms with E-state index in [1.807, 2.05) is 6.07 Å². The third-order valence-electron chi connectivity index (χ3n) is 2.96. The molecule has 5 heteroatoms. The van der Waals surface area contributed by atoms with Crippen LogP contribution in [-0.4, -0.2) is 18.3 Å². The average molecular weight is 367 g/mol. The van der Waals surface area contributed by atoms with Gasteiger partial charge < -0.3 is 5.32 Å². The second kappa shape index (κ2) is 8.83. The monoisotopic (exact) mass is 365 g/mol. The maximum absolute atomic E-state index is 12.1. The molecule has 19 heavy (non-hydrogen) atoms. The molecule has 1 amide bonds. The lowest BCUT2D eigenvalue weighted by atomic mass is 10.0. The van der Waals surface area contributed by atoms with Crippen LogP contribution in [0.1, 0.15) is 36.5 Å². The summed E-state index contributed by atoms with van der Waals surface area (Å²) in [7, 11) is 0. The zero-order valence-electron chi connectivity index (χ0n) is 10.9. The summed E-state index contributed by atoms with van der Waals surface area (Å²) in [5.74, 6) is 0.914. The van der Waals surface area contributed by atoms with Gasteiger partial charge >= 0.3 is 0 Å². The van der Waals surface area contributed by atoms with Gasteiger partial charge in [0.25, 0.3) is 5.91 Å². The lowest BCUT2D eigenvalue weighted by molar-refractivity contribution is 0.0946. The molecule has 1 N–H and O–H groups in total. The fourth-order valence-electron chi connectivity index (χ4n) is 1.92. The first-order valence-electron chi connectivity index (χ1n) is 6.38. The van der Waals surface area contributed by atoms with Crippen molar-refractivity contribution >= 4 is 45.0 Å². The highest BCUT2D eigenvalue weighted by molar-refractivity contribution is 9.10. The second-order valence-corrected chi connectivity index (χ2v) is 6.05. The van der Waals surface area contributed by atoms with Gasteiger partial charge in [-0.2, -0.15) is 0 Å². The van der Waals surface area contributed by atoms with E-state index in [4.69, 9.17) is 23.2 Å². The highest BCUT2D eigenvalue weighted by Crippen LogP contribution is 2.25. The van der Waals surface area contributed by atoms with Gasteiger partial charge in [0, 0.05) is 16.9 Å². The normalized spacial score (nSPS) is 12.2. The molecule has 1 aromatic carbocycles. The fraction of sp³-hybridized carbons (Fsp3) is 0.500. The maximum Gasteiger partial charge on any atom is 0.252 e. The van der Waals surface area contributed by atoms with Crippen molar-refractivity contribution in [2.24, 2.45) is 5.92 Å². The Morgan fingerprint density at radius 1 is 1.42 bits per heavy atom. The zero-order valence-corrected chi connectivity index (χ0v) is 14.0. The van der Waals surface area contributed by atoms with E-state index < -0.39 is 0 Å². The molecule has 1 unspecified atom stereocenters. The van der Waals surface area contributed by atoms with Crippen LogP contribution in [0.3, 0.4) is 0 Å². The van der Waals surface area contributed by atoms with E-state index in [1.54, 1.807) is 12.1 Å². The number of nitrogens with one attached hydrogen (secondary N) is 1. The molecule has 0 aliphatic heterocycles. The molecular weight excluding hydrogens is 349 g/mol. The van der Waals surface area contributed by atoms with Gasteiger partial charge in [0.05, 0.1) is 10.6 Å². The number of rotatable bonds is 7. The first kappa shape index (κ1) is 16.8. The minimum Gasteiger partial charge on any atom is -0.352 e. The molecule has 106 valence electrons. The molecule has 1 aromatic rings. The van der Waals surface area contributed by atoms with Gasteiger partial charge in [0.1, 0.15) is 0 Å². The molecule has 2 nitrogen and oxygen atoms in total. The lowest BCUT2D eigenvalue weighted by Crippen LogP contribution is -2.29. The number of halogens is 3. The third-order valence-corrected chi connectivity index (χ3v) is 4.48. The fourth-order valence-corrected chi connectivity index (χ4v) is 2.81. The standard InChI is InChI=1S/C14H18BrCl2NO/c1-2-4-10(7-8-16)9-18-14(19)11-5-3-6-12(15)13(11)17/h3,5-6,10H,2,4,7-9H2,1H3,(H,18,19). The van der Waals surface area contributed by atoms with Crippen LogP contribution in [0.2, 0.25) is 5.02 Å². The predicted octanol–water partition coefficient (Wildman–Crippen LogP) is 4.88. The largest absolute Gasteiger partial charge is 0.352 e. The molecular formula is C14H18BrCl2NO. The first-order valence-corrected chi connectivity index (χ1v) is 8.08. The molecule has 1 rings (SSSR count). The van der Waals surface area contributed by atoms with E-state index in [-0.39, 0.29) is 5.91 Å². The Morgan fingerprint density at radius 2 is 2.16 bits per heavy atom. The molecule has 1 atom stereocenters. The molecule has 0 aliphatic carbocycles. The van der Waals surface area contributed by atoms with Crippen LogP contribution in [0.15, 0.2) is 22.7 Å². The van der Waals surface area contributed by atoms with E-state index in [2.05, 4.69) is 28.2 Å². The predicted molar refractivity (Wildman–Crippen MR) is 85.2 cm³/mol. The summed E-state index contributed by atoms with van der Waals surface area (Å²) in [5.41, 5.74) is 0.497. The van der Waals surface area contributed by atoms with Crippen LogP contribution < -0.4 is 5.32 Å². The third kappa shape index (κ3) is 5.33. The van der Waals surface area contributed by atoms with Gasteiger partial charge in [0.15, 0.2) is 0 Å². The first-order chi connectivity index (χ1) is 9.10.